The highest BCUT2D eigenvalue weighted by Crippen LogP contribution is 2.41. The average molecular weight is 442 g/mol. The summed E-state index contributed by atoms with van der Waals surface area (Å²) in [5.41, 5.74) is 2.09. The van der Waals surface area contributed by atoms with E-state index in [0.29, 0.717) is 11.6 Å². The van der Waals surface area contributed by atoms with Crippen LogP contribution in [0.2, 0.25) is 0 Å². The van der Waals surface area contributed by atoms with Gasteiger partial charge in [-0.3, -0.25) is 4.21 Å². The summed E-state index contributed by atoms with van der Waals surface area (Å²) in [5.74, 6) is 1.99. The summed E-state index contributed by atoms with van der Waals surface area (Å²) in [6.07, 6.45) is 4.59. The van der Waals surface area contributed by atoms with E-state index in [1.54, 1.807) is 0 Å². The molecule has 1 saturated carbocycles. The molecule has 3 aliphatic rings. The molecule has 1 unspecified atom stereocenters. The van der Waals surface area contributed by atoms with Crippen molar-refractivity contribution in [3.63, 3.8) is 0 Å². The number of nitrogens with zero attached hydrogens (tertiary/aromatic N) is 3. The van der Waals surface area contributed by atoms with Crippen LogP contribution in [0, 0.1) is 0 Å². The number of anilines is 2. The van der Waals surface area contributed by atoms with E-state index in [1.165, 1.54) is 5.56 Å². The van der Waals surface area contributed by atoms with Gasteiger partial charge in [-0.05, 0) is 38.3 Å². The van der Waals surface area contributed by atoms with Gasteiger partial charge in [0.15, 0.2) is 0 Å². The number of piperidine rings is 1. The van der Waals surface area contributed by atoms with Crippen LogP contribution in [-0.4, -0.2) is 63.9 Å². The number of aliphatic hydroxyl groups excluding tert-OH is 1. The third kappa shape index (κ3) is 3.85. The van der Waals surface area contributed by atoms with Crippen LogP contribution < -0.4 is 15.5 Å². The van der Waals surface area contributed by atoms with Crippen molar-refractivity contribution in [2.24, 2.45) is 0 Å². The second-order valence-electron chi connectivity index (χ2n) is 9.17. The Bertz CT molecular complexity index is 971. The molecule has 1 saturated heterocycles. The van der Waals surface area contributed by atoms with Crippen LogP contribution >= 0.6 is 0 Å². The van der Waals surface area contributed by atoms with Crippen LogP contribution in [0.3, 0.4) is 0 Å². The second kappa shape index (κ2) is 8.15. The average Bonchev–Trinajstić information content (AvgIpc) is 3.48. The van der Waals surface area contributed by atoms with Crippen molar-refractivity contribution in [3.05, 3.63) is 41.6 Å². The molecular weight excluding hydrogens is 410 g/mol. The van der Waals surface area contributed by atoms with Crippen LogP contribution in [0.1, 0.15) is 36.9 Å². The standard InChI is InChI=1S/C23H31N5O2S/c1-24-15-22(17-5-3-2-4-6-17)10-12-28(13-11-22)21-25-18-7-14-31(30)19(18)20(26-21)27-23(16-29)8-9-23/h2-6,24,29H,7-16H2,1H3,(H,25,26,27). The van der Waals surface area contributed by atoms with E-state index in [-0.39, 0.29) is 17.6 Å². The summed E-state index contributed by atoms with van der Waals surface area (Å²) in [6, 6.07) is 10.8. The molecule has 166 valence electrons. The number of hydrogen-bond acceptors (Lipinski definition) is 7. The maximum absolute atomic E-state index is 12.6. The fraction of sp³-hybridized carbons (Fsp3) is 0.565. The summed E-state index contributed by atoms with van der Waals surface area (Å²) in [5, 5.41) is 16.6. The van der Waals surface area contributed by atoms with Gasteiger partial charge < -0.3 is 20.6 Å². The van der Waals surface area contributed by atoms with Crippen LogP contribution in [0.4, 0.5) is 11.8 Å². The molecule has 8 heteroatoms. The van der Waals surface area contributed by atoms with E-state index in [9.17, 15) is 9.32 Å². The van der Waals surface area contributed by atoms with Crippen molar-refractivity contribution in [2.45, 2.75) is 48.0 Å². The first-order chi connectivity index (χ1) is 15.1. The molecule has 2 aliphatic heterocycles. The van der Waals surface area contributed by atoms with E-state index < -0.39 is 10.8 Å². The van der Waals surface area contributed by atoms with Crippen molar-refractivity contribution < 1.29 is 9.32 Å². The summed E-state index contributed by atoms with van der Waals surface area (Å²) >= 11 is 0. The molecule has 2 aromatic rings. The number of aliphatic hydroxyl groups is 1. The van der Waals surface area contributed by atoms with E-state index in [2.05, 4.69) is 45.9 Å². The van der Waals surface area contributed by atoms with E-state index in [0.717, 1.165) is 68.3 Å². The van der Waals surface area contributed by atoms with Crippen molar-refractivity contribution >= 4 is 22.6 Å². The van der Waals surface area contributed by atoms with Gasteiger partial charge in [-0.15, -0.1) is 0 Å². The third-order valence-corrected chi connectivity index (χ3v) is 8.58. The minimum atomic E-state index is -1.07. The lowest BCUT2D eigenvalue weighted by atomic mass is 9.72. The Hall–Kier alpha value is -2.03. The minimum Gasteiger partial charge on any atom is -0.394 e. The van der Waals surface area contributed by atoms with Gasteiger partial charge >= 0.3 is 0 Å². The predicted molar refractivity (Wildman–Crippen MR) is 123 cm³/mol. The molecule has 0 amide bonds. The van der Waals surface area contributed by atoms with Gasteiger partial charge in [0.25, 0.3) is 0 Å². The molecule has 0 bridgehead atoms. The molecule has 3 heterocycles. The van der Waals surface area contributed by atoms with Crippen LogP contribution in [0.5, 0.6) is 0 Å². The molecule has 1 aliphatic carbocycles. The Morgan fingerprint density at radius 1 is 1.13 bits per heavy atom. The van der Waals surface area contributed by atoms with E-state index in [4.69, 9.17) is 9.97 Å². The maximum atomic E-state index is 12.6. The summed E-state index contributed by atoms with van der Waals surface area (Å²) in [6.45, 7) is 2.77. The molecule has 2 fully saturated rings. The number of fused-ring (bicyclic) bond motifs is 1. The monoisotopic (exact) mass is 441 g/mol. The van der Waals surface area contributed by atoms with Crippen molar-refractivity contribution in [1.29, 1.82) is 0 Å². The smallest absolute Gasteiger partial charge is 0.227 e. The Labute approximate surface area is 186 Å². The van der Waals surface area contributed by atoms with Crippen LogP contribution in [0.25, 0.3) is 0 Å². The molecule has 0 spiro atoms. The Kier molecular flexibility index (Phi) is 5.48. The van der Waals surface area contributed by atoms with E-state index >= 15 is 0 Å². The van der Waals surface area contributed by atoms with Gasteiger partial charge in [0, 0.05) is 37.2 Å². The largest absolute Gasteiger partial charge is 0.394 e. The number of likely N-dealkylation sites (N-methyl/N-ethyl adjacent to an activating group) is 1. The predicted octanol–water partition coefficient (Wildman–Crippen LogP) is 1.83. The van der Waals surface area contributed by atoms with E-state index in [1.807, 2.05) is 7.05 Å². The fourth-order valence-corrected chi connectivity index (χ4v) is 6.27. The molecule has 1 aromatic heterocycles. The Morgan fingerprint density at radius 2 is 1.87 bits per heavy atom. The normalized spacial score (nSPS) is 23.4. The van der Waals surface area contributed by atoms with Gasteiger partial charge in [-0.25, -0.2) is 4.98 Å². The molecule has 0 radical (unpaired) electrons. The van der Waals surface area contributed by atoms with Gasteiger partial charge in [0.05, 0.1) is 28.6 Å². The highest BCUT2D eigenvalue weighted by atomic mass is 32.2. The zero-order valence-electron chi connectivity index (χ0n) is 18.1. The number of aryl methyl sites for hydroxylation is 1. The maximum Gasteiger partial charge on any atom is 0.227 e. The topological polar surface area (TPSA) is 90.4 Å². The number of nitrogens with one attached hydrogen (secondary N) is 2. The van der Waals surface area contributed by atoms with Gasteiger partial charge in [0.2, 0.25) is 5.95 Å². The second-order valence-corrected chi connectivity index (χ2v) is 10.7. The summed E-state index contributed by atoms with van der Waals surface area (Å²) in [7, 11) is 0.954. The third-order valence-electron chi connectivity index (χ3n) is 7.12. The lowest BCUT2D eigenvalue weighted by Gasteiger charge is -2.42. The zero-order valence-corrected chi connectivity index (χ0v) is 18.9. The Balaban J connectivity index is 1.41. The molecular formula is C23H31N5O2S. The number of aromatic nitrogens is 2. The number of hydrogen-bond donors (Lipinski definition) is 3. The number of rotatable bonds is 7. The highest BCUT2D eigenvalue weighted by molar-refractivity contribution is 7.85. The first kappa shape index (κ1) is 20.8. The molecule has 5 rings (SSSR count). The van der Waals surface area contributed by atoms with Gasteiger partial charge in [-0.1, -0.05) is 30.3 Å². The summed E-state index contributed by atoms with van der Waals surface area (Å²) in [4.78, 5) is 12.7. The van der Waals surface area contributed by atoms with Crippen molar-refractivity contribution in [2.75, 3.05) is 49.3 Å². The number of benzene rings is 1. The SMILES string of the molecule is CNCC1(c2ccccc2)CCN(c2nc3c(c(NC4(CO)CC4)n2)S(=O)CC3)CC1. The molecule has 7 nitrogen and oxygen atoms in total. The first-order valence-electron chi connectivity index (χ1n) is 11.2. The van der Waals surface area contributed by atoms with Crippen molar-refractivity contribution in [1.82, 2.24) is 15.3 Å². The quantitative estimate of drug-likeness (QED) is 0.604. The molecule has 1 atom stereocenters. The summed E-state index contributed by atoms with van der Waals surface area (Å²) < 4.78 is 12.6. The van der Waals surface area contributed by atoms with Crippen LogP contribution in [0.15, 0.2) is 35.2 Å². The molecule has 1 aromatic carbocycles. The van der Waals surface area contributed by atoms with Gasteiger partial charge in [-0.2, -0.15) is 4.98 Å². The lowest BCUT2D eigenvalue weighted by Crippen LogP contribution is -2.48. The Morgan fingerprint density at radius 3 is 2.52 bits per heavy atom. The zero-order chi connectivity index (χ0) is 21.5. The minimum absolute atomic E-state index is 0.0705. The van der Waals surface area contributed by atoms with Crippen LogP contribution in [-0.2, 0) is 22.6 Å². The fourth-order valence-electron chi connectivity index (χ4n) is 4.97. The lowest BCUT2D eigenvalue weighted by molar-refractivity contribution is 0.265. The van der Waals surface area contributed by atoms with Gasteiger partial charge in [0.1, 0.15) is 10.7 Å². The highest BCUT2D eigenvalue weighted by Gasteiger charge is 2.44. The molecule has 31 heavy (non-hydrogen) atoms. The van der Waals surface area contributed by atoms with Crippen molar-refractivity contribution in [3.8, 4) is 0 Å². The first-order valence-corrected chi connectivity index (χ1v) is 12.5. The molecule has 3 N–H and O–H groups in total.